The molecule has 8 nitrogen and oxygen atoms in total. The van der Waals surface area contributed by atoms with Crippen molar-refractivity contribution in [1.29, 1.82) is 5.26 Å². The number of carbonyl (C=O) groups is 1. The number of anilines is 1. The van der Waals surface area contributed by atoms with Crippen molar-refractivity contribution in [3.05, 3.63) is 52.1 Å². The summed E-state index contributed by atoms with van der Waals surface area (Å²) in [6.07, 6.45) is 3.06. The van der Waals surface area contributed by atoms with E-state index >= 15 is 0 Å². The van der Waals surface area contributed by atoms with Crippen molar-refractivity contribution in [3.8, 4) is 6.07 Å². The average Bonchev–Trinajstić information content (AvgIpc) is 3.22. The van der Waals surface area contributed by atoms with Gasteiger partial charge in [0.05, 0.1) is 6.07 Å². The number of rotatable bonds is 5. The van der Waals surface area contributed by atoms with Crippen molar-refractivity contribution in [2.75, 3.05) is 11.4 Å². The first-order valence-corrected chi connectivity index (χ1v) is 11.2. The Hall–Kier alpha value is -3.25. The summed E-state index contributed by atoms with van der Waals surface area (Å²) in [5.41, 5.74) is 0.454. The van der Waals surface area contributed by atoms with Crippen LogP contribution >= 0.6 is 11.3 Å². The minimum Gasteiger partial charge on any atom is -0.350 e. The highest BCUT2D eigenvalue weighted by Gasteiger charge is 2.49. The van der Waals surface area contributed by atoms with Crippen molar-refractivity contribution >= 4 is 32.7 Å². The van der Waals surface area contributed by atoms with Crippen LogP contribution < -0.4 is 15.8 Å². The highest BCUT2D eigenvalue weighted by Crippen LogP contribution is 2.46. The molecule has 5 rings (SSSR count). The van der Waals surface area contributed by atoms with Gasteiger partial charge in [0.2, 0.25) is 5.91 Å². The molecule has 1 amide bonds. The lowest BCUT2D eigenvalue weighted by atomic mass is 10.1. The second kappa shape index (κ2) is 7.46. The molecule has 3 heterocycles. The molecule has 1 saturated heterocycles. The Morgan fingerprint density at radius 3 is 2.81 bits per heavy atom. The van der Waals surface area contributed by atoms with Crippen LogP contribution in [0.5, 0.6) is 0 Å². The molecule has 1 aromatic carbocycles. The molecule has 158 valence electrons. The molecule has 1 N–H and O–H groups in total. The van der Waals surface area contributed by atoms with Crippen LogP contribution in [0, 0.1) is 11.3 Å². The molecule has 1 aliphatic heterocycles. The lowest BCUT2D eigenvalue weighted by Gasteiger charge is -2.23. The van der Waals surface area contributed by atoms with Crippen LogP contribution in [-0.4, -0.2) is 33.0 Å². The molecule has 2 fully saturated rings. The zero-order valence-corrected chi connectivity index (χ0v) is 18.0. The molecule has 1 saturated carbocycles. The Kier molecular flexibility index (Phi) is 4.74. The van der Waals surface area contributed by atoms with Gasteiger partial charge in [-0.15, -0.1) is 0 Å². The first-order chi connectivity index (χ1) is 15.0. The SMILES string of the molecule is Cn1c(C2(C#N)CC2)nc2sc(N3CCCC3C(=O)NCc3ccccc3)nc2c1=O. The van der Waals surface area contributed by atoms with Crippen molar-refractivity contribution in [3.63, 3.8) is 0 Å². The number of hydrogen-bond acceptors (Lipinski definition) is 7. The van der Waals surface area contributed by atoms with Gasteiger partial charge in [-0.2, -0.15) is 5.26 Å². The number of aromatic nitrogens is 3. The lowest BCUT2D eigenvalue weighted by molar-refractivity contribution is -0.122. The van der Waals surface area contributed by atoms with Gasteiger partial charge in [0.25, 0.3) is 5.56 Å². The minimum absolute atomic E-state index is 0.0384. The molecule has 0 spiro atoms. The van der Waals surface area contributed by atoms with Crippen molar-refractivity contribution < 1.29 is 4.79 Å². The summed E-state index contributed by atoms with van der Waals surface area (Å²) in [7, 11) is 1.65. The van der Waals surface area contributed by atoms with E-state index in [1.807, 2.05) is 35.2 Å². The molecule has 0 radical (unpaired) electrons. The summed E-state index contributed by atoms with van der Waals surface area (Å²) in [5.74, 6) is 0.477. The summed E-state index contributed by atoms with van der Waals surface area (Å²) in [6.45, 7) is 1.18. The first-order valence-electron chi connectivity index (χ1n) is 10.4. The van der Waals surface area contributed by atoms with E-state index < -0.39 is 5.41 Å². The number of nitrogens with one attached hydrogen (secondary N) is 1. The lowest BCUT2D eigenvalue weighted by Crippen LogP contribution is -2.43. The summed E-state index contributed by atoms with van der Waals surface area (Å²) >= 11 is 1.32. The van der Waals surface area contributed by atoms with Crippen LogP contribution in [0.4, 0.5) is 5.13 Å². The van der Waals surface area contributed by atoms with Crippen LogP contribution in [0.1, 0.15) is 37.1 Å². The molecular weight excluding hydrogens is 412 g/mol. The average molecular weight is 435 g/mol. The molecule has 2 aliphatic rings. The van der Waals surface area contributed by atoms with Gasteiger partial charge in [-0.05, 0) is 31.2 Å². The number of hydrogen-bond donors (Lipinski definition) is 1. The number of thiazole rings is 1. The Morgan fingerprint density at radius 1 is 1.32 bits per heavy atom. The predicted molar refractivity (Wildman–Crippen MR) is 118 cm³/mol. The number of carbonyl (C=O) groups excluding carboxylic acids is 1. The summed E-state index contributed by atoms with van der Waals surface area (Å²) in [5, 5.41) is 13.2. The minimum atomic E-state index is -0.653. The van der Waals surface area contributed by atoms with Gasteiger partial charge in [0.15, 0.2) is 15.5 Å². The topological polar surface area (TPSA) is 104 Å². The van der Waals surface area contributed by atoms with Crippen molar-refractivity contribution in [1.82, 2.24) is 19.9 Å². The molecule has 31 heavy (non-hydrogen) atoms. The molecular formula is C22H22N6O2S. The van der Waals surface area contributed by atoms with Crippen molar-refractivity contribution in [2.24, 2.45) is 7.05 Å². The molecule has 0 bridgehead atoms. The third-order valence-electron chi connectivity index (χ3n) is 6.13. The van der Waals surface area contributed by atoms with E-state index in [-0.39, 0.29) is 17.5 Å². The van der Waals surface area contributed by atoms with Crippen LogP contribution in [0.25, 0.3) is 10.3 Å². The molecule has 9 heteroatoms. The van der Waals surface area contributed by atoms with E-state index in [9.17, 15) is 14.9 Å². The van der Waals surface area contributed by atoms with E-state index in [4.69, 9.17) is 0 Å². The number of benzene rings is 1. The largest absolute Gasteiger partial charge is 0.350 e. The highest BCUT2D eigenvalue weighted by atomic mass is 32.1. The number of nitrogens with zero attached hydrogens (tertiary/aromatic N) is 5. The van der Waals surface area contributed by atoms with E-state index in [1.54, 1.807) is 7.05 Å². The fraction of sp³-hybridized carbons (Fsp3) is 0.409. The van der Waals surface area contributed by atoms with Gasteiger partial charge in [-0.25, -0.2) is 9.97 Å². The van der Waals surface area contributed by atoms with Gasteiger partial charge in [-0.3, -0.25) is 14.2 Å². The normalized spacial score (nSPS) is 19.4. The third-order valence-corrected chi connectivity index (χ3v) is 7.12. The molecule has 1 atom stereocenters. The first kappa shape index (κ1) is 19.7. The third kappa shape index (κ3) is 3.37. The van der Waals surface area contributed by atoms with Gasteiger partial charge in [0.1, 0.15) is 17.3 Å². The molecule has 1 aliphatic carbocycles. The predicted octanol–water partition coefficient (Wildman–Crippen LogP) is 2.23. The summed E-state index contributed by atoms with van der Waals surface area (Å²) in [6, 6.07) is 11.8. The Labute approximate surface area is 183 Å². The molecule has 1 unspecified atom stereocenters. The smallest absolute Gasteiger partial charge is 0.280 e. The van der Waals surface area contributed by atoms with Gasteiger partial charge >= 0.3 is 0 Å². The van der Waals surface area contributed by atoms with E-state index in [1.165, 1.54) is 15.9 Å². The van der Waals surface area contributed by atoms with Gasteiger partial charge < -0.3 is 10.2 Å². The zero-order chi connectivity index (χ0) is 21.6. The zero-order valence-electron chi connectivity index (χ0n) is 17.2. The molecule has 3 aromatic rings. The van der Waals surface area contributed by atoms with E-state index in [0.29, 0.717) is 34.4 Å². The Balaban J connectivity index is 1.42. The second-order valence-electron chi connectivity index (χ2n) is 8.20. The van der Waals surface area contributed by atoms with Gasteiger partial charge in [-0.1, -0.05) is 41.7 Å². The van der Waals surface area contributed by atoms with Gasteiger partial charge in [0, 0.05) is 20.1 Å². The number of amides is 1. The number of fused-ring (bicyclic) bond motifs is 1. The van der Waals surface area contributed by atoms with Crippen LogP contribution in [-0.2, 0) is 23.8 Å². The van der Waals surface area contributed by atoms with E-state index in [2.05, 4.69) is 21.4 Å². The Bertz CT molecular complexity index is 1250. The quantitative estimate of drug-likeness (QED) is 0.660. The van der Waals surface area contributed by atoms with Crippen LogP contribution in [0.3, 0.4) is 0 Å². The van der Waals surface area contributed by atoms with E-state index in [0.717, 1.165) is 31.2 Å². The fourth-order valence-electron chi connectivity index (χ4n) is 4.17. The maximum atomic E-state index is 12.9. The standard InChI is InChI=1S/C22H22N6O2S/c1-27-19(30)16-18(26-20(27)22(13-23)9-10-22)31-21(25-16)28-11-5-8-15(28)17(29)24-12-14-6-3-2-4-7-14/h2-4,6-7,15H,5,8-12H2,1H3,(H,24,29). The number of nitriles is 1. The van der Waals surface area contributed by atoms with Crippen molar-refractivity contribution in [2.45, 2.75) is 43.7 Å². The van der Waals surface area contributed by atoms with Crippen LogP contribution in [0.15, 0.2) is 35.1 Å². The monoisotopic (exact) mass is 434 g/mol. The highest BCUT2D eigenvalue weighted by molar-refractivity contribution is 7.21. The maximum absolute atomic E-state index is 12.9. The summed E-state index contributed by atoms with van der Waals surface area (Å²) < 4.78 is 1.45. The maximum Gasteiger partial charge on any atom is 0.280 e. The second-order valence-corrected chi connectivity index (χ2v) is 9.15. The van der Waals surface area contributed by atoms with Crippen LogP contribution in [0.2, 0.25) is 0 Å². The summed E-state index contributed by atoms with van der Waals surface area (Å²) in [4.78, 5) is 37.5. The fourth-order valence-corrected chi connectivity index (χ4v) is 5.18. The molecule has 2 aromatic heterocycles. The Morgan fingerprint density at radius 2 is 2.10 bits per heavy atom.